The van der Waals surface area contributed by atoms with E-state index in [9.17, 15) is 0 Å². The molecule has 0 bridgehead atoms. The minimum absolute atomic E-state index is 0.483. The van der Waals surface area contributed by atoms with Gasteiger partial charge in [-0.25, -0.2) is 0 Å². The molecule has 0 spiro atoms. The van der Waals surface area contributed by atoms with Gasteiger partial charge in [0.1, 0.15) is 0 Å². The SMILES string of the molecule is CC(N1CCC(OCCCN)CC1)C1(C)CC1. The highest BCUT2D eigenvalue weighted by Gasteiger charge is 2.45. The molecule has 2 N–H and O–H groups in total. The zero-order valence-electron chi connectivity index (χ0n) is 11.5. The van der Waals surface area contributed by atoms with Crippen molar-refractivity contribution in [2.24, 2.45) is 11.1 Å². The molecule has 17 heavy (non-hydrogen) atoms. The van der Waals surface area contributed by atoms with Crippen LogP contribution in [0.15, 0.2) is 0 Å². The Hall–Kier alpha value is -0.120. The third-order valence-electron chi connectivity index (χ3n) is 4.77. The Bertz CT molecular complexity index is 232. The molecule has 0 amide bonds. The summed E-state index contributed by atoms with van der Waals surface area (Å²) in [7, 11) is 0. The molecule has 0 radical (unpaired) electrons. The summed E-state index contributed by atoms with van der Waals surface area (Å²) >= 11 is 0. The molecule has 0 aromatic rings. The molecule has 2 fully saturated rings. The molecule has 1 saturated carbocycles. The van der Waals surface area contributed by atoms with Gasteiger partial charge in [-0.2, -0.15) is 0 Å². The molecule has 2 aliphatic rings. The lowest BCUT2D eigenvalue weighted by molar-refractivity contribution is -0.00763. The lowest BCUT2D eigenvalue weighted by atomic mass is 9.96. The van der Waals surface area contributed by atoms with E-state index in [2.05, 4.69) is 18.7 Å². The Morgan fingerprint density at radius 3 is 2.53 bits per heavy atom. The maximum absolute atomic E-state index is 5.85. The van der Waals surface area contributed by atoms with Gasteiger partial charge in [-0.05, 0) is 51.0 Å². The van der Waals surface area contributed by atoms with Gasteiger partial charge >= 0.3 is 0 Å². The highest BCUT2D eigenvalue weighted by atomic mass is 16.5. The van der Waals surface area contributed by atoms with Crippen LogP contribution in [0.25, 0.3) is 0 Å². The molecule has 100 valence electrons. The number of hydrogen-bond acceptors (Lipinski definition) is 3. The van der Waals surface area contributed by atoms with Crippen LogP contribution in [0, 0.1) is 5.41 Å². The van der Waals surface area contributed by atoms with Crippen molar-refractivity contribution in [3.63, 3.8) is 0 Å². The molecule has 1 heterocycles. The number of hydrogen-bond donors (Lipinski definition) is 1. The Kier molecular flexibility index (Phi) is 4.45. The summed E-state index contributed by atoms with van der Waals surface area (Å²) in [5.41, 5.74) is 6.09. The van der Waals surface area contributed by atoms with Gasteiger partial charge in [0.05, 0.1) is 6.10 Å². The summed E-state index contributed by atoms with van der Waals surface area (Å²) in [6.07, 6.45) is 6.71. The molecule has 1 saturated heterocycles. The first-order valence-corrected chi connectivity index (χ1v) is 7.21. The summed E-state index contributed by atoms with van der Waals surface area (Å²) in [4.78, 5) is 2.66. The molecular weight excluding hydrogens is 212 g/mol. The summed E-state index contributed by atoms with van der Waals surface area (Å²) in [6, 6.07) is 0.757. The number of ether oxygens (including phenoxy) is 1. The first-order chi connectivity index (χ1) is 8.15. The van der Waals surface area contributed by atoms with Crippen LogP contribution in [0.4, 0.5) is 0 Å². The zero-order valence-corrected chi connectivity index (χ0v) is 11.5. The molecular formula is C14H28N2O. The van der Waals surface area contributed by atoms with Crippen LogP contribution in [-0.4, -0.2) is 43.3 Å². The smallest absolute Gasteiger partial charge is 0.0599 e. The number of nitrogens with zero attached hydrogens (tertiary/aromatic N) is 1. The average molecular weight is 240 g/mol. The topological polar surface area (TPSA) is 38.5 Å². The van der Waals surface area contributed by atoms with Gasteiger partial charge in [0.2, 0.25) is 0 Å². The first kappa shape index (κ1) is 13.3. The van der Waals surface area contributed by atoms with Crippen LogP contribution < -0.4 is 5.73 Å². The van der Waals surface area contributed by atoms with Gasteiger partial charge in [-0.1, -0.05) is 6.92 Å². The summed E-state index contributed by atoms with van der Waals surface area (Å²) in [5.74, 6) is 0. The van der Waals surface area contributed by atoms with E-state index in [-0.39, 0.29) is 0 Å². The fourth-order valence-electron chi connectivity index (χ4n) is 2.82. The van der Waals surface area contributed by atoms with E-state index < -0.39 is 0 Å². The Balaban J connectivity index is 1.67. The number of likely N-dealkylation sites (tertiary alicyclic amines) is 1. The van der Waals surface area contributed by atoms with Gasteiger partial charge in [-0.15, -0.1) is 0 Å². The second-order valence-corrected chi connectivity index (χ2v) is 6.08. The maximum Gasteiger partial charge on any atom is 0.0599 e. The van der Waals surface area contributed by atoms with Crippen molar-refractivity contribution in [2.75, 3.05) is 26.2 Å². The van der Waals surface area contributed by atoms with E-state index in [1.54, 1.807) is 0 Å². The van der Waals surface area contributed by atoms with Gasteiger partial charge < -0.3 is 10.5 Å². The second kappa shape index (κ2) is 5.68. The predicted molar refractivity (Wildman–Crippen MR) is 71.0 cm³/mol. The summed E-state index contributed by atoms with van der Waals surface area (Å²) in [5, 5.41) is 0. The van der Waals surface area contributed by atoms with E-state index >= 15 is 0 Å². The lowest BCUT2D eigenvalue weighted by Gasteiger charge is -2.38. The van der Waals surface area contributed by atoms with Gasteiger partial charge in [-0.3, -0.25) is 4.90 Å². The van der Waals surface area contributed by atoms with E-state index in [0.717, 1.165) is 25.6 Å². The van der Waals surface area contributed by atoms with Crippen LogP contribution >= 0.6 is 0 Å². The molecule has 3 nitrogen and oxygen atoms in total. The zero-order chi connectivity index (χ0) is 12.3. The quantitative estimate of drug-likeness (QED) is 0.722. The fourth-order valence-corrected chi connectivity index (χ4v) is 2.82. The molecule has 0 aromatic heterocycles. The molecule has 3 heteroatoms. The molecule has 0 aromatic carbocycles. The van der Waals surface area contributed by atoms with Crippen LogP contribution in [0.3, 0.4) is 0 Å². The van der Waals surface area contributed by atoms with Crippen molar-refractivity contribution in [2.45, 2.75) is 58.1 Å². The molecule has 1 aliphatic heterocycles. The van der Waals surface area contributed by atoms with Crippen molar-refractivity contribution in [3.8, 4) is 0 Å². The highest BCUT2D eigenvalue weighted by molar-refractivity contribution is 4.98. The second-order valence-electron chi connectivity index (χ2n) is 6.08. The van der Waals surface area contributed by atoms with Gasteiger partial charge in [0.15, 0.2) is 0 Å². The number of rotatable bonds is 6. The Labute approximate surface area is 106 Å². The van der Waals surface area contributed by atoms with E-state index in [4.69, 9.17) is 10.5 Å². The standard InChI is InChI=1S/C14H28N2O/c1-12(14(2)6-7-14)16-9-4-13(5-10-16)17-11-3-8-15/h12-13H,3-11,15H2,1-2H3. The monoisotopic (exact) mass is 240 g/mol. The normalized spacial score (nSPS) is 27.0. The summed E-state index contributed by atoms with van der Waals surface area (Å²) < 4.78 is 5.85. The number of piperidine rings is 1. The maximum atomic E-state index is 5.85. The lowest BCUT2D eigenvalue weighted by Crippen LogP contribution is -2.45. The van der Waals surface area contributed by atoms with E-state index in [1.165, 1.54) is 38.8 Å². The molecule has 2 rings (SSSR count). The molecule has 1 unspecified atom stereocenters. The predicted octanol–water partition coefficient (Wildman–Crippen LogP) is 2.00. The van der Waals surface area contributed by atoms with Crippen LogP contribution in [0.2, 0.25) is 0 Å². The van der Waals surface area contributed by atoms with Crippen LogP contribution in [0.5, 0.6) is 0 Å². The van der Waals surface area contributed by atoms with Crippen LogP contribution in [-0.2, 0) is 4.74 Å². The highest BCUT2D eigenvalue weighted by Crippen LogP contribution is 2.50. The summed E-state index contributed by atoms with van der Waals surface area (Å²) in [6.45, 7) is 8.85. The fraction of sp³-hybridized carbons (Fsp3) is 1.00. The van der Waals surface area contributed by atoms with Crippen molar-refractivity contribution < 1.29 is 4.74 Å². The molecule has 1 aliphatic carbocycles. The minimum Gasteiger partial charge on any atom is -0.378 e. The first-order valence-electron chi connectivity index (χ1n) is 7.21. The third-order valence-corrected chi connectivity index (χ3v) is 4.77. The van der Waals surface area contributed by atoms with Crippen molar-refractivity contribution in [1.29, 1.82) is 0 Å². The third kappa shape index (κ3) is 3.43. The van der Waals surface area contributed by atoms with Crippen molar-refractivity contribution >= 4 is 0 Å². The Morgan fingerprint density at radius 2 is 2.00 bits per heavy atom. The van der Waals surface area contributed by atoms with Gasteiger partial charge in [0, 0.05) is 25.7 Å². The Morgan fingerprint density at radius 1 is 1.35 bits per heavy atom. The largest absolute Gasteiger partial charge is 0.378 e. The van der Waals surface area contributed by atoms with E-state index in [0.29, 0.717) is 11.5 Å². The minimum atomic E-state index is 0.483. The van der Waals surface area contributed by atoms with Crippen molar-refractivity contribution in [3.05, 3.63) is 0 Å². The van der Waals surface area contributed by atoms with E-state index in [1.807, 2.05) is 0 Å². The molecule has 1 atom stereocenters. The van der Waals surface area contributed by atoms with Gasteiger partial charge in [0.25, 0.3) is 0 Å². The number of nitrogens with two attached hydrogens (primary N) is 1. The van der Waals surface area contributed by atoms with Crippen molar-refractivity contribution in [1.82, 2.24) is 4.90 Å². The van der Waals surface area contributed by atoms with Crippen LogP contribution in [0.1, 0.15) is 46.0 Å². The average Bonchev–Trinajstić information content (AvgIpc) is 3.09.